The fourth-order valence-electron chi connectivity index (χ4n) is 1.43. The Bertz CT molecular complexity index is 460. The Morgan fingerprint density at radius 2 is 2.00 bits per heavy atom. The van der Waals surface area contributed by atoms with Gasteiger partial charge in [0.1, 0.15) is 0 Å². The predicted octanol–water partition coefficient (Wildman–Crippen LogP) is 0.729. The second kappa shape index (κ2) is 6.09. The summed E-state index contributed by atoms with van der Waals surface area (Å²) in [4.78, 5) is 24.6. The summed E-state index contributed by atoms with van der Waals surface area (Å²) in [6, 6.07) is 1.69. The average molecular weight is 251 g/mol. The summed E-state index contributed by atoms with van der Waals surface area (Å²) < 4.78 is 4.53. The number of aryl methyl sites for hydroxylation is 2. The van der Waals surface area contributed by atoms with Gasteiger partial charge in [0.05, 0.1) is 30.5 Å². The van der Waals surface area contributed by atoms with Crippen LogP contribution in [-0.2, 0) is 9.53 Å². The molecular formula is C12H17N3O3. The number of ether oxygens (including phenoxy) is 1. The van der Waals surface area contributed by atoms with Crippen molar-refractivity contribution in [1.82, 2.24) is 15.1 Å². The molecule has 0 aliphatic rings. The minimum atomic E-state index is -0.338. The summed E-state index contributed by atoms with van der Waals surface area (Å²) in [7, 11) is 2.96. The number of carbonyl (C=O) groups is 2. The number of esters is 1. The van der Waals surface area contributed by atoms with Crippen LogP contribution in [0.4, 0.5) is 0 Å². The molecule has 0 fully saturated rings. The minimum absolute atomic E-state index is 0.172. The van der Waals surface area contributed by atoms with Gasteiger partial charge in [-0.15, -0.1) is 0 Å². The first-order valence-corrected chi connectivity index (χ1v) is 5.59. The molecule has 0 aromatic carbocycles. The van der Waals surface area contributed by atoms with E-state index in [-0.39, 0.29) is 18.3 Å². The molecule has 0 saturated heterocycles. The summed E-state index contributed by atoms with van der Waals surface area (Å²) in [5.74, 6) is -0.509. The Balaban J connectivity index is 2.74. The maximum absolute atomic E-state index is 12.1. The van der Waals surface area contributed by atoms with Crippen LogP contribution in [0.3, 0.4) is 0 Å². The Morgan fingerprint density at radius 1 is 1.33 bits per heavy atom. The second-order valence-electron chi connectivity index (χ2n) is 4.04. The van der Waals surface area contributed by atoms with Crippen molar-refractivity contribution < 1.29 is 14.3 Å². The highest BCUT2D eigenvalue weighted by molar-refractivity contribution is 5.95. The van der Waals surface area contributed by atoms with E-state index in [0.29, 0.717) is 23.5 Å². The minimum Gasteiger partial charge on any atom is -0.469 e. The number of nitrogens with zero attached hydrogens (tertiary/aromatic N) is 3. The van der Waals surface area contributed by atoms with Crippen LogP contribution < -0.4 is 0 Å². The maximum Gasteiger partial charge on any atom is 0.307 e. The molecule has 0 unspecified atom stereocenters. The number of amides is 1. The molecular weight excluding hydrogens is 234 g/mol. The van der Waals surface area contributed by atoms with Gasteiger partial charge in [0, 0.05) is 13.6 Å². The molecule has 6 nitrogen and oxygen atoms in total. The quantitative estimate of drug-likeness (QED) is 0.737. The standard InChI is InChI=1S/C12H17N3O3/c1-8-7-10(9(2)14-13-8)12(17)15(3)6-5-11(16)18-4/h7H,5-6H2,1-4H3. The van der Waals surface area contributed by atoms with E-state index in [0.717, 1.165) is 0 Å². The van der Waals surface area contributed by atoms with Gasteiger partial charge in [0.15, 0.2) is 0 Å². The van der Waals surface area contributed by atoms with Crippen LogP contribution in [0.25, 0.3) is 0 Å². The molecule has 0 saturated carbocycles. The number of hydrogen-bond acceptors (Lipinski definition) is 5. The smallest absolute Gasteiger partial charge is 0.307 e. The molecule has 6 heteroatoms. The summed E-state index contributed by atoms with van der Waals surface area (Å²) in [6.45, 7) is 3.82. The number of hydrogen-bond donors (Lipinski definition) is 0. The Kier molecular flexibility index (Phi) is 4.76. The zero-order chi connectivity index (χ0) is 13.7. The predicted molar refractivity (Wildman–Crippen MR) is 65.1 cm³/mol. The van der Waals surface area contributed by atoms with E-state index in [1.165, 1.54) is 12.0 Å². The van der Waals surface area contributed by atoms with Crippen molar-refractivity contribution >= 4 is 11.9 Å². The van der Waals surface area contributed by atoms with Crippen LogP contribution in [0.1, 0.15) is 28.2 Å². The maximum atomic E-state index is 12.1. The average Bonchev–Trinajstić information content (AvgIpc) is 2.37. The Morgan fingerprint density at radius 3 is 2.61 bits per heavy atom. The lowest BCUT2D eigenvalue weighted by atomic mass is 10.1. The normalized spacial score (nSPS) is 10.0. The molecule has 0 aliphatic heterocycles. The molecule has 98 valence electrons. The van der Waals surface area contributed by atoms with Crippen LogP contribution in [0.2, 0.25) is 0 Å². The van der Waals surface area contributed by atoms with Crippen LogP contribution in [0, 0.1) is 13.8 Å². The van der Waals surface area contributed by atoms with Crippen molar-refractivity contribution in [1.29, 1.82) is 0 Å². The van der Waals surface area contributed by atoms with Crippen molar-refractivity contribution in [3.8, 4) is 0 Å². The van der Waals surface area contributed by atoms with E-state index in [9.17, 15) is 9.59 Å². The third-order valence-electron chi connectivity index (χ3n) is 2.56. The van der Waals surface area contributed by atoms with Crippen LogP contribution in [-0.4, -0.2) is 47.7 Å². The fourth-order valence-corrected chi connectivity index (χ4v) is 1.43. The molecule has 18 heavy (non-hydrogen) atoms. The van der Waals surface area contributed by atoms with Crippen molar-refractivity contribution in [3.05, 3.63) is 23.0 Å². The third-order valence-corrected chi connectivity index (χ3v) is 2.56. The van der Waals surface area contributed by atoms with E-state index in [1.54, 1.807) is 27.0 Å². The molecule has 1 amide bonds. The van der Waals surface area contributed by atoms with Gasteiger partial charge >= 0.3 is 5.97 Å². The summed E-state index contributed by atoms with van der Waals surface area (Å²) in [5, 5.41) is 7.78. The highest BCUT2D eigenvalue weighted by Gasteiger charge is 2.16. The van der Waals surface area contributed by atoms with Gasteiger partial charge in [-0.3, -0.25) is 9.59 Å². The lowest BCUT2D eigenvalue weighted by molar-refractivity contribution is -0.140. The molecule has 0 aliphatic carbocycles. The summed E-state index contributed by atoms with van der Waals surface area (Å²) in [5.41, 5.74) is 1.77. The molecule has 0 spiro atoms. The summed E-state index contributed by atoms with van der Waals surface area (Å²) >= 11 is 0. The van der Waals surface area contributed by atoms with E-state index in [2.05, 4.69) is 14.9 Å². The number of rotatable bonds is 4. The van der Waals surface area contributed by atoms with Gasteiger partial charge in [-0.2, -0.15) is 10.2 Å². The zero-order valence-electron chi connectivity index (χ0n) is 11.1. The lowest BCUT2D eigenvalue weighted by Gasteiger charge is -2.17. The monoisotopic (exact) mass is 251 g/mol. The number of methoxy groups -OCH3 is 1. The SMILES string of the molecule is COC(=O)CCN(C)C(=O)c1cc(C)nnc1C. The largest absolute Gasteiger partial charge is 0.469 e. The molecule has 1 aromatic heterocycles. The van der Waals surface area contributed by atoms with Crippen LogP contribution >= 0.6 is 0 Å². The Labute approximate surface area is 106 Å². The molecule has 0 radical (unpaired) electrons. The molecule has 1 heterocycles. The van der Waals surface area contributed by atoms with Crippen molar-refractivity contribution in [2.45, 2.75) is 20.3 Å². The number of carbonyl (C=O) groups excluding carboxylic acids is 2. The van der Waals surface area contributed by atoms with Crippen molar-refractivity contribution in [2.75, 3.05) is 20.7 Å². The van der Waals surface area contributed by atoms with Gasteiger partial charge in [-0.25, -0.2) is 0 Å². The fraction of sp³-hybridized carbons (Fsp3) is 0.500. The molecule has 1 rings (SSSR count). The van der Waals surface area contributed by atoms with Gasteiger partial charge in [0.2, 0.25) is 0 Å². The van der Waals surface area contributed by atoms with Gasteiger partial charge in [-0.1, -0.05) is 0 Å². The number of aromatic nitrogens is 2. The van der Waals surface area contributed by atoms with Crippen LogP contribution in [0.5, 0.6) is 0 Å². The zero-order valence-corrected chi connectivity index (χ0v) is 11.1. The first-order valence-electron chi connectivity index (χ1n) is 5.59. The lowest BCUT2D eigenvalue weighted by Crippen LogP contribution is -2.30. The highest BCUT2D eigenvalue weighted by atomic mass is 16.5. The highest BCUT2D eigenvalue weighted by Crippen LogP contribution is 2.08. The van der Waals surface area contributed by atoms with Gasteiger partial charge < -0.3 is 9.64 Å². The first kappa shape index (κ1) is 14.1. The topological polar surface area (TPSA) is 72.4 Å². The van der Waals surface area contributed by atoms with E-state index >= 15 is 0 Å². The van der Waals surface area contributed by atoms with E-state index < -0.39 is 0 Å². The van der Waals surface area contributed by atoms with E-state index in [4.69, 9.17) is 0 Å². The third kappa shape index (κ3) is 3.51. The molecule has 1 aromatic rings. The Hall–Kier alpha value is -1.98. The molecule has 0 N–H and O–H groups in total. The van der Waals surface area contributed by atoms with Crippen molar-refractivity contribution in [2.24, 2.45) is 0 Å². The molecule has 0 bridgehead atoms. The van der Waals surface area contributed by atoms with Gasteiger partial charge in [0.25, 0.3) is 5.91 Å². The van der Waals surface area contributed by atoms with E-state index in [1.807, 2.05) is 0 Å². The van der Waals surface area contributed by atoms with Crippen molar-refractivity contribution in [3.63, 3.8) is 0 Å². The second-order valence-corrected chi connectivity index (χ2v) is 4.04. The van der Waals surface area contributed by atoms with Gasteiger partial charge in [-0.05, 0) is 19.9 Å². The van der Waals surface area contributed by atoms with Crippen LogP contribution in [0.15, 0.2) is 6.07 Å². The summed E-state index contributed by atoms with van der Waals surface area (Å²) in [6.07, 6.45) is 0.176. The first-order chi connectivity index (χ1) is 8.45. The molecule has 0 atom stereocenters.